The number of hydrogen-bond donors (Lipinski definition) is 2. The smallest absolute Gasteiger partial charge is 0.790 e. The maximum atomic E-state index is 12.2. The predicted molar refractivity (Wildman–Crippen MR) is 111 cm³/mol. The molecule has 1 aromatic rings. The second-order valence-electron chi connectivity index (χ2n) is 7.16. The summed E-state index contributed by atoms with van der Waals surface area (Å²) in [6.45, 7) is -1.03. The largest absolute Gasteiger partial charge is 1.00 e. The number of aliphatic hydroxyl groups excluding tert-OH is 1. The van der Waals surface area contributed by atoms with Crippen LogP contribution >= 0.6 is 23.5 Å². The van der Waals surface area contributed by atoms with E-state index >= 15 is 0 Å². The van der Waals surface area contributed by atoms with E-state index in [0.29, 0.717) is 19.3 Å². The molecule has 1 aliphatic heterocycles. The van der Waals surface area contributed by atoms with Gasteiger partial charge in [-0.1, -0.05) is 11.8 Å². The number of aromatic nitrogens is 2. The molecular formula is C17H19N2Na4O14P3. The number of H-pyrrole nitrogens is 1. The molecule has 0 bridgehead atoms. The first-order valence-electron chi connectivity index (χ1n) is 9.95. The molecule has 5 unspecified atom stereocenters. The van der Waals surface area contributed by atoms with E-state index in [1.165, 1.54) is 0 Å². The van der Waals surface area contributed by atoms with Crippen molar-refractivity contribution < 1.29 is 174 Å². The Morgan fingerprint density at radius 2 is 1.65 bits per heavy atom. The molecule has 23 heteroatoms. The summed E-state index contributed by atoms with van der Waals surface area (Å²) in [6, 6.07) is 0. The molecule has 0 spiro atoms. The van der Waals surface area contributed by atoms with Crippen LogP contribution in [-0.4, -0.2) is 33.5 Å². The third-order valence-electron chi connectivity index (χ3n) is 4.38. The van der Waals surface area contributed by atoms with Gasteiger partial charge in [0.15, 0.2) is 0 Å². The van der Waals surface area contributed by atoms with Crippen LogP contribution in [0.4, 0.5) is 0 Å². The molecule has 1 aromatic heterocycles. The van der Waals surface area contributed by atoms with Crippen LogP contribution in [0.2, 0.25) is 0 Å². The molecule has 0 aromatic carbocycles. The van der Waals surface area contributed by atoms with E-state index in [1.807, 2.05) is 4.98 Å². The maximum Gasteiger partial charge on any atom is 1.00 e. The number of unbranched alkanes of at least 4 members (excludes halogenated alkanes) is 3. The fourth-order valence-electron chi connectivity index (χ4n) is 2.87. The number of rotatable bonds is 11. The summed E-state index contributed by atoms with van der Waals surface area (Å²) in [4.78, 5) is 69.8. The first kappa shape index (κ1) is 46.5. The van der Waals surface area contributed by atoms with Crippen LogP contribution in [0.15, 0.2) is 15.8 Å². The molecule has 0 radical (unpaired) electrons. The van der Waals surface area contributed by atoms with Crippen LogP contribution in [0, 0.1) is 24.2 Å². The fourth-order valence-corrected chi connectivity index (χ4v) is 5.74. The number of nitrogens with one attached hydrogen (secondary N) is 1. The Balaban J connectivity index is -0.00000342. The molecule has 5 atom stereocenters. The van der Waals surface area contributed by atoms with Gasteiger partial charge in [-0.05, 0) is 12.8 Å². The minimum absolute atomic E-state index is 0. The molecule has 0 amide bonds. The molecule has 2 rings (SSSR count). The molecule has 2 heterocycles. The van der Waals surface area contributed by atoms with Gasteiger partial charge in [0.05, 0.1) is 20.5 Å². The van der Waals surface area contributed by atoms with E-state index in [-0.39, 0.29) is 130 Å². The van der Waals surface area contributed by atoms with E-state index in [0.717, 1.165) is 17.2 Å². The number of phosphoric ester groups is 1. The third-order valence-corrected chi connectivity index (χ3v) is 8.04. The van der Waals surface area contributed by atoms with Crippen LogP contribution in [-0.2, 0) is 31.6 Å². The number of aliphatic hydroxyl groups is 1. The van der Waals surface area contributed by atoms with Crippen molar-refractivity contribution in [2.45, 2.75) is 50.5 Å². The summed E-state index contributed by atoms with van der Waals surface area (Å²) in [7, 11) is -18.1. The summed E-state index contributed by atoms with van der Waals surface area (Å²) in [6.07, 6.45) is 4.36. The maximum absolute atomic E-state index is 12.2. The molecule has 200 valence electrons. The van der Waals surface area contributed by atoms with Gasteiger partial charge in [0.25, 0.3) is 21.2 Å². The van der Waals surface area contributed by atoms with Gasteiger partial charge in [0, 0.05) is 25.5 Å². The summed E-state index contributed by atoms with van der Waals surface area (Å²) >= 11 is 0. The minimum atomic E-state index is -6.15. The van der Waals surface area contributed by atoms with E-state index in [4.69, 9.17) is 11.2 Å². The monoisotopic (exact) mass is 660 g/mol. The number of hydrogen-bond acceptors (Lipinski definition) is 14. The molecule has 40 heavy (non-hydrogen) atoms. The van der Waals surface area contributed by atoms with E-state index in [2.05, 4.69) is 30.9 Å². The molecular weight excluding hydrogens is 641 g/mol. The summed E-state index contributed by atoms with van der Waals surface area (Å²) in [5.41, 5.74) is -1.76. The molecule has 16 nitrogen and oxygen atoms in total. The average molecular weight is 660 g/mol. The SMILES string of the molecule is C#CCCCCC#Cc1cn(C2CC(O)C(COP(=O)([O-])OP(=O)([O-])OP(=O)([O-])[O-])O2)c(=O)[nH]c1=O.[Na+].[Na+].[Na+].[Na+]. The van der Waals surface area contributed by atoms with Crippen LogP contribution in [0.3, 0.4) is 0 Å². The molecule has 0 aliphatic carbocycles. The minimum Gasteiger partial charge on any atom is -0.790 e. The van der Waals surface area contributed by atoms with E-state index in [1.54, 1.807) is 0 Å². The standard InChI is InChI=1S/C17H23N2O14P3.4Na/c1-2-3-4-5-6-7-8-12-10-19(17(22)18-16(12)21)15-9-13(20)14(31-15)11-30-35(26,27)33-36(28,29)32-34(23,24)25;;;;/h1,10,13-15,20H,3-6,9,11H2,(H,26,27)(H,28,29)(H,18,21,22)(H2,23,24,25);;;;/q;4*+1/p-4. The predicted octanol–water partition coefficient (Wildman–Crippen LogP) is -14.4. The van der Waals surface area contributed by atoms with E-state index in [9.17, 15) is 48.0 Å². The van der Waals surface area contributed by atoms with Gasteiger partial charge in [-0.2, -0.15) is 0 Å². The molecule has 1 saturated heterocycles. The van der Waals surface area contributed by atoms with Crippen LogP contribution < -0.4 is 149 Å². The Kier molecular flexibility index (Phi) is 24.5. The summed E-state index contributed by atoms with van der Waals surface area (Å²) in [5, 5.41) is 10.1. The first-order valence-corrected chi connectivity index (χ1v) is 14.3. The Morgan fingerprint density at radius 3 is 2.23 bits per heavy atom. The van der Waals surface area contributed by atoms with E-state index < -0.39 is 59.8 Å². The quantitative estimate of drug-likeness (QED) is 0.0968. The van der Waals surface area contributed by atoms with Crippen molar-refractivity contribution in [1.29, 1.82) is 0 Å². The Hall–Kier alpha value is 2.13. The molecule has 0 saturated carbocycles. The van der Waals surface area contributed by atoms with Crippen molar-refractivity contribution in [2.75, 3.05) is 6.61 Å². The number of terminal acetylenes is 1. The zero-order chi connectivity index (χ0) is 27.1. The van der Waals surface area contributed by atoms with Gasteiger partial charge in [-0.25, -0.2) is 9.11 Å². The number of ether oxygens (including phenoxy) is 1. The Morgan fingerprint density at radius 1 is 1.05 bits per heavy atom. The van der Waals surface area contributed by atoms with Gasteiger partial charge < -0.3 is 38.5 Å². The molecule has 1 fully saturated rings. The summed E-state index contributed by atoms with van der Waals surface area (Å²) in [5.74, 6) is 7.86. The number of nitrogens with zero attached hydrogens (tertiary/aromatic N) is 1. The third kappa shape index (κ3) is 17.0. The Labute approximate surface area is 317 Å². The number of aromatic amines is 1. The second-order valence-corrected chi connectivity index (χ2v) is 11.4. The van der Waals surface area contributed by atoms with Gasteiger partial charge >= 0.3 is 124 Å². The van der Waals surface area contributed by atoms with Crippen molar-refractivity contribution in [1.82, 2.24) is 9.55 Å². The fraction of sp³-hybridized carbons (Fsp3) is 0.529. The second kappa shape index (κ2) is 21.0. The zero-order valence-electron chi connectivity index (χ0n) is 22.2. The van der Waals surface area contributed by atoms with Crippen molar-refractivity contribution in [3.05, 3.63) is 32.6 Å². The average Bonchev–Trinajstić information content (AvgIpc) is 3.08. The van der Waals surface area contributed by atoms with Crippen LogP contribution in [0.1, 0.15) is 43.9 Å². The summed E-state index contributed by atoms with van der Waals surface area (Å²) < 4.78 is 50.2. The first-order chi connectivity index (χ1) is 16.6. The van der Waals surface area contributed by atoms with Crippen molar-refractivity contribution >= 4 is 23.5 Å². The van der Waals surface area contributed by atoms with Gasteiger partial charge in [-0.3, -0.25) is 27.8 Å². The molecule has 1 aliphatic rings. The van der Waals surface area contributed by atoms with Crippen LogP contribution in [0.25, 0.3) is 0 Å². The van der Waals surface area contributed by atoms with Crippen molar-refractivity contribution in [3.63, 3.8) is 0 Å². The van der Waals surface area contributed by atoms with Crippen molar-refractivity contribution in [2.24, 2.45) is 0 Å². The number of phosphoric acid groups is 3. The van der Waals surface area contributed by atoms with Gasteiger partial charge in [0.1, 0.15) is 17.9 Å². The topological polar surface area (TPSA) is 255 Å². The van der Waals surface area contributed by atoms with Crippen LogP contribution in [0.5, 0.6) is 0 Å². The molecule has 2 N–H and O–H groups in total. The van der Waals surface area contributed by atoms with Gasteiger partial charge in [-0.15, -0.1) is 12.3 Å². The zero-order valence-corrected chi connectivity index (χ0v) is 32.9. The van der Waals surface area contributed by atoms with Gasteiger partial charge in [0.2, 0.25) is 0 Å². The van der Waals surface area contributed by atoms with Crippen molar-refractivity contribution in [3.8, 4) is 24.2 Å². The Bertz CT molecular complexity index is 1320. The normalized spacial score (nSPS) is 20.9.